The quantitative estimate of drug-likeness (QED) is 0.640. The Hall–Kier alpha value is -2.67. The molecule has 0 saturated carbocycles. The SMILES string of the molecule is CN(C)NC(=O)c1c(C2(O)CCN(Cc3ccccc3)CC2)c2ccccc2n1C. The van der Waals surface area contributed by atoms with E-state index in [4.69, 9.17) is 0 Å². The van der Waals surface area contributed by atoms with Crippen LogP contribution in [0.1, 0.15) is 34.5 Å². The number of hydrogen-bond acceptors (Lipinski definition) is 4. The van der Waals surface area contributed by atoms with Crippen LogP contribution in [-0.2, 0) is 19.2 Å². The number of piperidine rings is 1. The van der Waals surface area contributed by atoms with Crippen molar-refractivity contribution >= 4 is 16.8 Å². The first-order valence-electron chi connectivity index (χ1n) is 10.4. The minimum atomic E-state index is -1.03. The number of aryl methyl sites for hydroxylation is 1. The summed E-state index contributed by atoms with van der Waals surface area (Å²) in [6.07, 6.45) is 1.19. The Bertz CT molecular complexity index is 1030. The van der Waals surface area contributed by atoms with Crippen LogP contribution in [0, 0.1) is 0 Å². The van der Waals surface area contributed by atoms with Gasteiger partial charge in [0.25, 0.3) is 5.91 Å². The molecule has 2 N–H and O–H groups in total. The number of carbonyl (C=O) groups is 1. The molecule has 0 unspecified atom stereocenters. The van der Waals surface area contributed by atoms with Crippen LogP contribution < -0.4 is 5.43 Å². The number of benzene rings is 2. The second-order valence-corrected chi connectivity index (χ2v) is 8.43. The molecule has 158 valence electrons. The third-order valence-corrected chi connectivity index (χ3v) is 6.04. The molecule has 1 saturated heterocycles. The monoisotopic (exact) mass is 406 g/mol. The average molecular weight is 407 g/mol. The van der Waals surface area contributed by atoms with Crippen LogP contribution in [0.2, 0.25) is 0 Å². The number of para-hydroxylation sites is 1. The van der Waals surface area contributed by atoms with Crippen molar-refractivity contribution in [3.63, 3.8) is 0 Å². The van der Waals surface area contributed by atoms with Crippen LogP contribution >= 0.6 is 0 Å². The summed E-state index contributed by atoms with van der Waals surface area (Å²) in [5, 5.41) is 14.4. The molecule has 3 aromatic rings. The van der Waals surface area contributed by atoms with Crippen LogP contribution in [0.5, 0.6) is 0 Å². The van der Waals surface area contributed by atoms with Gasteiger partial charge in [-0.25, -0.2) is 5.01 Å². The lowest BCUT2D eigenvalue weighted by Crippen LogP contribution is -2.44. The van der Waals surface area contributed by atoms with E-state index in [0.29, 0.717) is 18.5 Å². The van der Waals surface area contributed by atoms with Crippen molar-refractivity contribution in [1.82, 2.24) is 19.9 Å². The highest BCUT2D eigenvalue weighted by atomic mass is 16.3. The summed E-state index contributed by atoms with van der Waals surface area (Å²) in [6.45, 7) is 2.44. The van der Waals surface area contributed by atoms with Gasteiger partial charge in [-0.2, -0.15) is 0 Å². The first-order chi connectivity index (χ1) is 14.4. The largest absolute Gasteiger partial charge is 0.385 e. The summed E-state index contributed by atoms with van der Waals surface area (Å²) < 4.78 is 1.90. The zero-order chi connectivity index (χ0) is 21.3. The van der Waals surface area contributed by atoms with Gasteiger partial charge in [-0.05, 0) is 24.5 Å². The molecule has 1 aromatic heterocycles. The highest BCUT2D eigenvalue weighted by Crippen LogP contribution is 2.40. The number of nitrogens with one attached hydrogen (secondary N) is 1. The molecule has 6 nitrogen and oxygen atoms in total. The topological polar surface area (TPSA) is 60.7 Å². The maximum Gasteiger partial charge on any atom is 0.282 e. The molecular weight excluding hydrogens is 376 g/mol. The predicted molar refractivity (Wildman–Crippen MR) is 119 cm³/mol. The first kappa shape index (κ1) is 20.6. The molecule has 6 heteroatoms. The van der Waals surface area contributed by atoms with Gasteiger partial charge in [-0.1, -0.05) is 48.5 Å². The Balaban J connectivity index is 1.66. The second kappa shape index (κ2) is 8.22. The van der Waals surface area contributed by atoms with Crippen LogP contribution in [0.4, 0.5) is 0 Å². The fourth-order valence-electron chi connectivity index (χ4n) is 4.56. The number of aliphatic hydroxyl groups is 1. The third-order valence-electron chi connectivity index (χ3n) is 6.04. The number of rotatable bonds is 5. The molecule has 4 rings (SSSR count). The van der Waals surface area contributed by atoms with Crippen molar-refractivity contribution in [2.24, 2.45) is 7.05 Å². The lowest BCUT2D eigenvalue weighted by atomic mass is 9.82. The molecule has 0 radical (unpaired) electrons. The van der Waals surface area contributed by atoms with Gasteiger partial charge in [0.15, 0.2) is 0 Å². The maximum absolute atomic E-state index is 13.1. The van der Waals surface area contributed by atoms with E-state index in [1.807, 2.05) is 41.9 Å². The molecule has 0 spiro atoms. The Kier molecular flexibility index (Phi) is 5.64. The Morgan fingerprint density at radius 2 is 1.70 bits per heavy atom. The van der Waals surface area contributed by atoms with Gasteiger partial charge in [-0.3, -0.25) is 15.1 Å². The molecule has 0 atom stereocenters. The molecule has 1 fully saturated rings. The van der Waals surface area contributed by atoms with Gasteiger partial charge in [0.05, 0.1) is 5.60 Å². The van der Waals surface area contributed by atoms with Crippen molar-refractivity contribution in [3.05, 3.63) is 71.4 Å². The van der Waals surface area contributed by atoms with Gasteiger partial charge in [-0.15, -0.1) is 0 Å². The molecule has 30 heavy (non-hydrogen) atoms. The molecule has 1 aliphatic heterocycles. The van der Waals surface area contributed by atoms with E-state index >= 15 is 0 Å². The summed E-state index contributed by atoms with van der Waals surface area (Å²) in [7, 11) is 5.47. The first-order valence-corrected chi connectivity index (χ1v) is 10.4. The highest BCUT2D eigenvalue weighted by molar-refractivity contribution is 6.02. The van der Waals surface area contributed by atoms with Gasteiger partial charge >= 0.3 is 0 Å². The van der Waals surface area contributed by atoms with Gasteiger partial charge < -0.3 is 9.67 Å². The molecular formula is C24H30N4O2. The molecule has 1 aliphatic rings. The second-order valence-electron chi connectivity index (χ2n) is 8.43. The fraction of sp³-hybridized carbons (Fsp3) is 0.375. The van der Waals surface area contributed by atoms with E-state index in [9.17, 15) is 9.90 Å². The van der Waals surface area contributed by atoms with Crippen LogP contribution in [0.25, 0.3) is 10.9 Å². The minimum absolute atomic E-state index is 0.200. The van der Waals surface area contributed by atoms with E-state index < -0.39 is 5.60 Å². The number of nitrogens with zero attached hydrogens (tertiary/aromatic N) is 3. The van der Waals surface area contributed by atoms with E-state index in [2.05, 4.69) is 34.6 Å². The standard InChI is InChI=1S/C24H30N4O2/c1-26(2)25-23(29)22-21(19-11-7-8-12-20(19)27(22)3)24(30)13-15-28(16-14-24)17-18-9-5-4-6-10-18/h4-12,30H,13-17H2,1-3H3,(H,25,29). The van der Waals surface area contributed by atoms with Gasteiger partial charge in [0, 0.05) is 57.2 Å². The van der Waals surface area contributed by atoms with Gasteiger partial charge in [0.2, 0.25) is 0 Å². The minimum Gasteiger partial charge on any atom is -0.385 e. The normalized spacial score (nSPS) is 16.8. The lowest BCUT2D eigenvalue weighted by molar-refractivity contribution is -0.0273. The predicted octanol–water partition coefficient (Wildman–Crippen LogP) is 2.87. The number of amides is 1. The number of carbonyl (C=O) groups excluding carboxylic acids is 1. The lowest BCUT2D eigenvalue weighted by Gasteiger charge is -2.39. The molecule has 0 aliphatic carbocycles. The summed E-state index contributed by atoms with van der Waals surface area (Å²) in [4.78, 5) is 15.4. The van der Waals surface area contributed by atoms with Gasteiger partial charge in [0.1, 0.15) is 5.69 Å². The number of hydrazine groups is 1. The van der Waals surface area contributed by atoms with Crippen LogP contribution in [0.3, 0.4) is 0 Å². The van der Waals surface area contributed by atoms with E-state index in [1.165, 1.54) is 5.56 Å². The highest BCUT2D eigenvalue weighted by Gasteiger charge is 2.40. The molecule has 2 heterocycles. The number of aromatic nitrogens is 1. The van der Waals surface area contributed by atoms with E-state index in [-0.39, 0.29) is 5.91 Å². The Morgan fingerprint density at radius 3 is 2.37 bits per heavy atom. The van der Waals surface area contributed by atoms with Crippen molar-refractivity contribution < 1.29 is 9.90 Å². The Morgan fingerprint density at radius 1 is 1.07 bits per heavy atom. The van der Waals surface area contributed by atoms with E-state index in [0.717, 1.165) is 36.1 Å². The number of fused-ring (bicyclic) bond motifs is 1. The van der Waals surface area contributed by atoms with Crippen molar-refractivity contribution in [2.45, 2.75) is 25.0 Å². The van der Waals surface area contributed by atoms with Crippen LogP contribution in [-0.4, -0.2) is 52.7 Å². The summed E-state index contributed by atoms with van der Waals surface area (Å²) in [6, 6.07) is 18.3. The van der Waals surface area contributed by atoms with Crippen molar-refractivity contribution in [3.8, 4) is 0 Å². The smallest absolute Gasteiger partial charge is 0.282 e. The third kappa shape index (κ3) is 3.86. The number of hydrogen-bond donors (Lipinski definition) is 2. The summed E-state index contributed by atoms with van der Waals surface area (Å²) >= 11 is 0. The summed E-state index contributed by atoms with van der Waals surface area (Å²) in [5.41, 5.74) is 5.33. The van der Waals surface area contributed by atoms with E-state index in [1.54, 1.807) is 19.1 Å². The zero-order valence-corrected chi connectivity index (χ0v) is 17.9. The maximum atomic E-state index is 13.1. The zero-order valence-electron chi connectivity index (χ0n) is 17.9. The number of likely N-dealkylation sites (tertiary alicyclic amines) is 1. The van der Waals surface area contributed by atoms with Crippen LogP contribution in [0.15, 0.2) is 54.6 Å². The fourth-order valence-corrected chi connectivity index (χ4v) is 4.56. The molecule has 1 amide bonds. The van der Waals surface area contributed by atoms with Crippen molar-refractivity contribution in [1.29, 1.82) is 0 Å². The van der Waals surface area contributed by atoms with Crippen molar-refractivity contribution in [2.75, 3.05) is 27.2 Å². The Labute approximate surface area is 177 Å². The molecule has 0 bridgehead atoms. The average Bonchev–Trinajstić information content (AvgIpc) is 3.04. The molecule has 2 aromatic carbocycles. The summed E-state index contributed by atoms with van der Waals surface area (Å²) in [5.74, 6) is -0.200.